The van der Waals surface area contributed by atoms with E-state index in [0.717, 1.165) is 25.1 Å². The third kappa shape index (κ3) is 3.42. The summed E-state index contributed by atoms with van der Waals surface area (Å²) in [5, 5.41) is 0. The Bertz CT molecular complexity index is 649. The molecular formula is C18H24N2O4S. The summed E-state index contributed by atoms with van der Waals surface area (Å²) in [6.45, 7) is 3.73. The molecule has 2 fully saturated rings. The van der Waals surface area contributed by atoms with E-state index in [1.54, 1.807) is 39.3 Å². The molecule has 0 aliphatic carbocycles. The first kappa shape index (κ1) is 17.9. The summed E-state index contributed by atoms with van der Waals surface area (Å²) >= 11 is 1.84. The van der Waals surface area contributed by atoms with Crippen LogP contribution in [0.25, 0.3) is 0 Å². The maximum absolute atomic E-state index is 13.2. The smallest absolute Gasteiger partial charge is 0.255 e. The molecule has 0 radical (unpaired) electrons. The molecule has 0 aromatic heterocycles. The van der Waals surface area contributed by atoms with Crippen LogP contribution in [-0.4, -0.2) is 66.1 Å². The third-order valence-electron chi connectivity index (χ3n) is 5.01. The van der Waals surface area contributed by atoms with Crippen molar-refractivity contribution >= 4 is 23.6 Å². The van der Waals surface area contributed by atoms with Crippen molar-refractivity contribution in [3.8, 4) is 11.5 Å². The second-order valence-corrected chi connectivity index (χ2v) is 7.82. The highest BCUT2D eigenvalue weighted by atomic mass is 32.2. The highest BCUT2D eigenvalue weighted by Gasteiger charge is 2.46. The quantitative estimate of drug-likeness (QED) is 0.823. The average molecular weight is 364 g/mol. The minimum Gasteiger partial charge on any atom is -0.497 e. The van der Waals surface area contributed by atoms with E-state index < -0.39 is 0 Å². The molecule has 2 saturated heterocycles. The summed E-state index contributed by atoms with van der Waals surface area (Å²) in [4.78, 5) is 28.4. The summed E-state index contributed by atoms with van der Waals surface area (Å²) in [6.07, 6.45) is 1.62. The van der Waals surface area contributed by atoms with E-state index in [9.17, 15) is 9.59 Å². The summed E-state index contributed by atoms with van der Waals surface area (Å²) in [5.74, 6) is 2.24. The molecule has 136 valence electrons. The van der Waals surface area contributed by atoms with E-state index in [1.165, 1.54) is 0 Å². The largest absolute Gasteiger partial charge is 0.497 e. The van der Waals surface area contributed by atoms with E-state index >= 15 is 0 Å². The fraction of sp³-hybridized carbons (Fsp3) is 0.556. The first-order valence-electron chi connectivity index (χ1n) is 8.43. The Kier molecular flexibility index (Phi) is 5.13. The zero-order valence-electron chi connectivity index (χ0n) is 14.9. The van der Waals surface area contributed by atoms with Gasteiger partial charge in [-0.15, -0.1) is 11.8 Å². The van der Waals surface area contributed by atoms with Gasteiger partial charge in [-0.1, -0.05) is 0 Å². The van der Waals surface area contributed by atoms with E-state index in [-0.39, 0.29) is 16.7 Å². The van der Waals surface area contributed by atoms with Gasteiger partial charge in [-0.25, -0.2) is 0 Å². The standard InChI is InChI=1S/C18H24N2O4S/c1-13(21)19-6-4-18(5-7-19)20(8-9-25-18)17(22)14-10-15(23-2)12-16(11-14)24-3/h10-12H,4-9H2,1-3H3. The van der Waals surface area contributed by atoms with Crippen molar-refractivity contribution in [3.63, 3.8) is 0 Å². The predicted molar refractivity (Wildman–Crippen MR) is 97.3 cm³/mol. The summed E-state index contributed by atoms with van der Waals surface area (Å²) in [5.41, 5.74) is 0.576. The number of methoxy groups -OCH3 is 2. The number of hydrogen-bond acceptors (Lipinski definition) is 5. The van der Waals surface area contributed by atoms with E-state index in [0.29, 0.717) is 30.2 Å². The molecule has 3 rings (SSSR count). The lowest BCUT2D eigenvalue weighted by Crippen LogP contribution is -2.53. The van der Waals surface area contributed by atoms with Gasteiger partial charge in [0.25, 0.3) is 5.91 Å². The number of piperidine rings is 1. The van der Waals surface area contributed by atoms with Crippen LogP contribution in [0.15, 0.2) is 18.2 Å². The lowest BCUT2D eigenvalue weighted by molar-refractivity contribution is -0.130. The minimum absolute atomic E-state index is 0.00141. The zero-order valence-corrected chi connectivity index (χ0v) is 15.7. The molecule has 7 heteroatoms. The van der Waals surface area contributed by atoms with Crippen LogP contribution >= 0.6 is 11.8 Å². The Labute approximate surface area is 152 Å². The molecule has 2 amide bonds. The fourth-order valence-corrected chi connectivity index (χ4v) is 5.02. The van der Waals surface area contributed by atoms with Crippen molar-refractivity contribution in [2.45, 2.75) is 24.6 Å². The number of carbonyl (C=O) groups excluding carboxylic acids is 2. The molecule has 1 spiro atoms. The van der Waals surface area contributed by atoms with Gasteiger partial charge >= 0.3 is 0 Å². The van der Waals surface area contributed by atoms with E-state index in [2.05, 4.69) is 0 Å². The summed E-state index contributed by atoms with van der Waals surface area (Å²) in [7, 11) is 3.15. The Balaban J connectivity index is 1.83. The third-order valence-corrected chi connectivity index (χ3v) is 6.56. The fourth-order valence-electron chi connectivity index (χ4n) is 3.57. The van der Waals surface area contributed by atoms with Gasteiger partial charge < -0.3 is 19.3 Å². The number of likely N-dealkylation sites (tertiary alicyclic amines) is 1. The molecule has 6 nitrogen and oxygen atoms in total. The molecule has 25 heavy (non-hydrogen) atoms. The van der Waals surface area contributed by atoms with Crippen molar-refractivity contribution in [2.75, 3.05) is 39.6 Å². The van der Waals surface area contributed by atoms with Gasteiger partial charge in [0.2, 0.25) is 5.91 Å². The van der Waals surface area contributed by atoms with Crippen molar-refractivity contribution in [1.82, 2.24) is 9.80 Å². The van der Waals surface area contributed by atoms with Crippen molar-refractivity contribution in [1.29, 1.82) is 0 Å². The van der Waals surface area contributed by atoms with Gasteiger partial charge in [-0.05, 0) is 25.0 Å². The van der Waals surface area contributed by atoms with Gasteiger partial charge in [0.05, 0.1) is 19.1 Å². The number of ether oxygens (including phenoxy) is 2. The van der Waals surface area contributed by atoms with Crippen molar-refractivity contribution in [2.24, 2.45) is 0 Å². The molecular weight excluding hydrogens is 340 g/mol. The molecule has 2 aliphatic heterocycles. The highest BCUT2D eigenvalue weighted by Crippen LogP contribution is 2.44. The Morgan fingerprint density at radius 2 is 1.64 bits per heavy atom. The van der Waals surface area contributed by atoms with Crippen LogP contribution in [0.2, 0.25) is 0 Å². The minimum atomic E-state index is -0.209. The second kappa shape index (κ2) is 7.15. The van der Waals surface area contributed by atoms with Gasteiger partial charge in [-0.3, -0.25) is 9.59 Å². The molecule has 1 aromatic rings. The van der Waals surface area contributed by atoms with Crippen molar-refractivity contribution in [3.05, 3.63) is 23.8 Å². The topological polar surface area (TPSA) is 59.1 Å². The molecule has 0 N–H and O–H groups in total. The SMILES string of the molecule is COc1cc(OC)cc(C(=O)N2CCSC23CCN(C(C)=O)CC3)c1. The highest BCUT2D eigenvalue weighted by molar-refractivity contribution is 8.00. The number of hydrogen-bond donors (Lipinski definition) is 0. The number of rotatable bonds is 3. The second-order valence-electron chi connectivity index (χ2n) is 6.36. The van der Waals surface area contributed by atoms with Gasteiger partial charge in [0, 0.05) is 43.9 Å². The zero-order chi connectivity index (χ0) is 18.0. The maximum atomic E-state index is 13.2. The number of carbonyl (C=O) groups is 2. The van der Waals surface area contributed by atoms with Crippen molar-refractivity contribution < 1.29 is 19.1 Å². The van der Waals surface area contributed by atoms with Crippen LogP contribution in [0.1, 0.15) is 30.1 Å². The Hall–Kier alpha value is -1.89. The molecule has 0 saturated carbocycles. The van der Waals surface area contributed by atoms with Crippen LogP contribution in [0.5, 0.6) is 11.5 Å². The lowest BCUT2D eigenvalue weighted by atomic mass is 10.0. The summed E-state index contributed by atoms with van der Waals surface area (Å²) < 4.78 is 10.6. The number of thioether (sulfide) groups is 1. The van der Waals surface area contributed by atoms with Crippen LogP contribution in [0.3, 0.4) is 0 Å². The van der Waals surface area contributed by atoms with Crippen LogP contribution < -0.4 is 9.47 Å². The number of amides is 2. The average Bonchev–Trinajstić information content (AvgIpc) is 3.03. The predicted octanol–water partition coefficient (Wildman–Crippen LogP) is 2.23. The first-order chi connectivity index (χ1) is 12.0. The van der Waals surface area contributed by atoms with Crippen LogP contribution in [0, 0.1) is 0 Å². The van der Waals surface area contributed by atoms with Gasteiger partial charge in [0.15, 0.2) is 0 Å². The molecule has 1 aromatic carbocycles. The van der Waals surface area contributed by atoms with E-state index in [1.807, 2.05) is 21.6 Å². The molecule has 0 unspecified atom stereocenters. The number of nitrogens with zero attached hydrogens (tertiary/aromatic N) is 2. The lowest BCUT2D eigenvalue weighted by Gasteiger charge is -2.44. The molecule has 2 heterocycles. The Morgan fingerprint density at radius 1 is 1.04 bits per heavy atom. The first-order valence-corrected chi connectivity index (χ1v) is 9.42. The molecule has 0 bridgehead atoms. The number of benzene rings is 1. The summed E-state index contributed by atoms with van der Waals surface area (Å²) in [6, 6.07) is 5.27. The van der Waals surface area contributed by atoms with Gasteiger partial charge in [-0.2, -0.15) is 0 Å². The monoisotopic (exact) mass is 364 g/mol. The normalized spacial score (nSPS) is 19.2. The molecule has 0 atom stereocenters. The van der Waals surface area contributed by atoms with Crippen LogP contribution in [-0.2, 0) is 4.79 Å². The Morgan fingerprint density at radius 3 is 2.16 bits per heavy atom. The van der Waals surface area contributed by atoms with Gasteiger partial charge in [0.1, 0.15) is 11.5 Å². The molecule has 2 aliphatic rings. The van der Waals surface area contributed by atoms with Crippen LogP contribution in [0.4, 0.5) is 0 Å². The maximum Gasteiger partial charge on any atom is 0.255 e. The van der Waals surface area contributed by atoms with E-state index in [4.69, 9.17) is 9.47 Å².